The number of nitrogens with zero attached hydrogens (tertiary/aromatic N) is 1. The lowest BCUT2D eigenvalue weighted by molar-refractivity contribution is -0.122. The first-order valence-corrected chi connectivity index (χ1v) is 7.06. The number of unbranched alkanes of at least 4 members (excludes halogenated alkanes) is 1. The van der Waals surface area contributed by atoms with E-state index in [-0.39, 0.29) is 5.91 Å². The molecule has 1 aliphatic rings. The molecule has 1 amide bonds. The number of benzene rings is 1. The topological polar surface area (TPSA) is 58.4 Å². The average molecular weight is 261 g/mol. The average Bonchev–Trinajstić information content (AvgIpc) is 2.40. The molecular formula is C15H23N3O. The minimum absolute atomic E-state index is 0.117. The monoisotopic (exact) mass is 261 g/mol. The molecule has 104 valence electrons. The molecule has 0 fully saturated rings. The SMILES string of the molecule is CCCCNC(=O)CN1CCc2cccc(N)c2C1. The summed E-state index contributed by atoms with van der Waals surface area (Å²) in [5.74, 6) is 0.117. The van der Waals surface area contributed by atoms with Crippen LogP contribution in [0.4, 0.5) is 5.69 Å². The molecule has 0 spiro atoms. The lowest BCUT2D eigenvalue weighted by atomic mass is 9.98. The Bertz CT molecular complexity index is 445. The van der Waals surface area contributed by atoms with E-state index in [0.29, 0.717) is 6.54 Å². The van der Waals surface area contributed by atoms with E-state index in [1.54, 1.807) is 0 Å². The standard InChI is InChI=1S/C15H23N3O/c1-2-3-8-17-15(19)11-18-9-7-12-5-4-6-14(16)13(12)10-18/h4-6H,2-3,7-11,16H2,1H3,(H,17,19). The lowest BCUT2D eigenvalue weighted by Gasteiger charge is -2.29. The second-order valence-electron chi connectivity index (χ2n) is 5.15. The van der Waals surface area contributed by atoms with Gasteiger partial charge in [-0.05, 0) is 30.0 Å². The predicted molar refractivity (Wildman–Crippen MR) is 77.8 cm³/mol. The molecule has 0 radical (unpaired) electrons. The fourth-order valence-corrected chi connectivity index (χ4v) is 2.46. The van der Waals surface area contributed by atoms with Crippen LogP contribution in [-0.2, 0) is 17.8 Å². The smallest absolute Gasteiger partial charge is 0.234 e. The van der Waals surface area contributed by atoms with Crippen molar-refractivity contribution in [2.75, 3.05) is 25.4 Å². The van der Waals surface area contributed by atoms with Gasteiger partial charge in [0.1, 0.15) is 0 Å². The highest BCUT2D eigenvalue weighted by molar-refractivity contribution is 5.78. The zero-order chi connectivity index (χ0) is 13.7. The Morgan fingerprint density at radius 1 is 1.47 bits per heavy atom. The number of carbonyl (C=O) groups excluding carboxylic acids is 1. The van der Waals surface area contributed by atoms with E-state index in [4.69, 9.17) is 5.73 Å². The summed E-state index contributed by atoms with van der Waals surface area (Å²) in [6.07, 6.45) is 3.12. The van der Waals surface area contributed by atoms with Crippen molar-refractivity contribution in [3.63, 3.8) is 0 Å². The third-order valence-electron chi connectivity index (χ3n) is 3.61. The number of amides is 1. The molecule has 0 aromatic heterocycles. The van der Waals surface area contributed by atoms with Crippen LogP contribution in [0.3, 0.4) is 0 Å². The Balaban J connectivity index is 1.88. The number of hydrogen-bond acceptors (Lipinski definition) is 3. The van der Waals surface area contributed by atoms with Gasteiger partial charge in [-0.25, -0.2) is 0 Å². The minimum atomic E-state index is 0.117. The summed E-state index contributed by atoms with van der Waals surface area (Å²) < 4.78 is 0. The quantitative estimate of drug-likeness (QED) is 0.624. The number of nitrogen functional groups attached to an aromatic ring is 1. The molecule has 1 aromatic rings. The minimum Gasteiger partial charge on any atom is -0.398 e. The molecule has 4 nitrogen and oxygen atoms in total. The predicted octanol–water partition coefficient (Wildman–Crippen LogP) is 1.54. The molecule has 1 aliphatic heterocycles. The van der Waals surface area contributed by atoms with Crippen LogP contribution in [0.2, 0.25) is 0 Å². The van der Waals surface area contributed by atoms with E-state index in [2.05, 4.69) is 23.2 Å². The van der Waals surface area contributed by atoms with Gasteiger partial charge in [-0.1, -0.05) is 25.5 Å². The lowest BCUT2D eigenvalue weighted by Crippen LogP contribution is -2.40. The molecular weight excluding hydrogens is 238 g/mol. The molecule has 0 aliphatic carbocycles. The number of hydrogen-bond donors (Lipinski definition) is 2. The van der Waals surface area contributed by atoms with Crippen LogP contribution in [-0.4, -0.2) is 30.4 Å². The summed E-state index contributed by atoms with van der Waals surface area (Å²) in [6, 6.07) is 6.06. The molecule has 0 bridgehead atoms. The van der Waals surface area contributed by atoms with Gasteiger partial charge in [0.05, 0.1) is 6.54 Å². The van der Waals surface area contributed by atoms with Crippen LogP contribution in [0.25, 0.3) is 0 Å². The van der Waals surface area contributed by atoms with Crippen LogP contribution in [0.1, 0.15) is 30.9 Å². The molecule has 19 heavy (non-hydrogen) atoms. The Hall–Kier alpha value is -1.55. The number of anilines is 1. The number of nitrogens with one attached hydrogen (secondary N) is 1. The largest absolute Gasteiger partial charge is 0.398 e. The fourth-order valence-electron chi connectivity index (χ4n) is 2.46. The first-order chi connectivity index (χ1) is 9.20. The zero-order valence-corrected chi connectivity index (χ0v) is 11.6. The van der Waals surface area contributed by atoms with Gasteiger partial charge in [-0.15, -0.1) is 0 Å². The maximum absolute atomic E-state index is 11.8. The van der Waals surface area contributed by atoms with Crippen molar-refractivity contribution in [1.82, 2.24) is 10.2 Å². The summed E-state index contributed by atoms with van der Waals surface area (Å²) in [7, 11) is 0. The van der Waals surface area contributed by atoms with Gasteiger partial charge in [0.25, 0.3) is 0 Å². The van der Waals surface area contributed by atoms with Crippen molar-refractivity contribution in [2.24, 2.45) is 0 Å². The number of fused-ring (bicyclic) bond motifs is 1. The summed E-state index contributed by atoms with van der Waals surface area (Å²) in [5, 5.41) is 2.96. The molecule has 0 atom stereocenters. The van der Waals surface area contributed by atoms with Gasteiger partial charge >= 0.3 is 0 Å². The van der Waals surface area contributed by atoms with Crippen molar-refractivity contribution in [3.8, 4) is 0 Å². The molecule has 0 unspecified atom stereocenters. The van der Waals surface area contributed by atoms with Crippen molar-refractivity contribution >= 4 is 11.6 Å². The van der Waals surface area contributed by atoms with Gasteiger partial charge in [-0.2, -0.15) is 0 Å². The highest BCUT2D eigenvalue weighted by atomic mass is 16.2. The number of carbonyl (C=O) groups is 1. The van der Waals surface area contributed by atoms with Crippen LogP contribution < -0.4 is 11.1 Å². The maximum Gasteiger partial charge on any atom is 0.234 e. The molecule has 0 saturated carbocycles. The van der Waals surface area contributed by atoms with Crippen molar-refractivity contribution in [1.29, 1.82) is 0 Å². The normalized spacial score (nSPS) is 15.0. The molecule has 1 aromatic carbocycles. The first kappa shape index (κ1) is 13.9. The fraction of sp³-hybridized carbons (Fsp3) is 0.533. The van der Waals surface area contributed by atoms with Gasteiger partial charge in [0, 0.05) is 25.3 Å². The van der Waals surface area contributed by atoms with Crippen LogP contribution in [0.15, 0.2) is 18.2 Å². The maximum atomic E-state index is 11.8. The Morgan fingerprint density at radius 2 is 2.32 bits per heavy atom. The molecule has 4 heteroatoms. The Morgan fingerprint density at radius 3 is 3.11 bits per heavy atom. The number of rotatable bonds is 5. The van der Waals surface area contributed by atoms with Gasteiger partial charge in [0.2, 0.25) is 5.91 Å². The van der Waals surface area contributed by atoms with Crippen LogP contribution in [0, 0.1) is 0 Å². The first-order valence-electron chi connectivity index (χ1n) is 7.06. The molecule has 1 heterocycles. The summed E-state index contributed by atoms with van der Waals surface area (Å²) in [5.41, 5.74) is 9.36. The van der Waals surface area contributed by atoms with Crippen LogP contribution >= 0.6 is 0 Å². The second-order valence-corrected chi connectivity index (χ2v) is 5.15. The second kappa shape index (κ2) is 6.57. The van der Waals surface area contributed by atoms with Gasteiger partial charge < -0.3 is 11.1 Å². The van der Waals surface area contributed by atoms with E-state index in [9.17, 15) is 4.79 Å². The van der Waals surface area contributed by atoms with E-state index in [0.717, 1.165) is 44.6 Å². The Kier molecular flexibility index (Phi) is 4.80. The van der Waals surface area contributed by atoms with Crippen molar-refractivity contribution in [3.05, 3.63) is 29.3 Å². The van der Waals surface area contributed by atoms with Gasteiger partial charge in [-0.3, -0.25) is 9.69 Å². The van der Waals surface area contributed by atoms with E-state index >= 15 is 0 Å². The van der Waals surface area contributed by atoms with Crippen LogP contribution in [0.5, 0.6) is 0 Å². The van der Waals surface area contributed by atoms with Gasteiger partial charge in [0.15, 0.2) is 0 Å². The third-order valence-corrected chi connectivity index (χ3v) is 3.61. The molecule has 0 saturated heterocycles. The number of nitrogens with two attached hydrogens (primary N) is 1. The molecule has 3 N–H and O–H groups in total. The highest BCUT2D eigenvalue weighted by Crippen LogP contribution is 2.23. The summed E-state index contributed by atoms with van der Waals surface area (Å²) >= 11 is 0. The van der Waals surface area contributed by atoms with E-state index in [1.165, 1.54) is 11.1 Å². The van der Waals surface area contributed by atoms with Crippen molar-refractivity contribution in [2.45, 2.75) is 32.7 Å². The molecule has 2 rings (SSSR count). The highest BCUT2D eigenvalue weighted by Gasteiger charge is 2.19. The third kappa shape index (κ3) is 3.70. The summed E-state index contributed by atoms with van der Waals surface area (Å²) in [6.45, 7) is 5.08. The van der Waals surface area contributed by atoms with Crippen molar-refractivity contribution < 1.29 is 4.79 Å². The Labute approximate surface area is 115 Å². The van der Waals surface area contributed by atoms with E-state index in [1.807, 2.05) is 12.1 Å². The zero-order valence-electron chi connectivity index (χ0n) is 11.6. The van der Waals surface area contributed by atoms with E-state index < -0.39 is 0 Å². The summed E-state index contributed by atoms with van der Waals surface area (Å²) in [4.78, 5) is 14.0.